The third kappa shape index (κ3) is 0.535. The second-order valence-corrected chi connectivity index (χ2v) is 6.96. The second kappa shape index (κ2) is 1.68. The molecule has 4 atom stereocenters. The fourth-order valence-corrected chi connectivity index (χ4v) is 6.70. The summed E-state index contributed by atoms with van der Waals surface area (Å²) in [5, 5.41) is 0. The first-order valence-corrected chi connectivity index (χ1v) is 6.16. The van der Waals surface area contributed by atoms with Gasteiger partial charge in [0.15, 0.2) is 0 Å². The van der Waals surface area contributed by atoms with Crippen molar-refractivity contribution in [1.82, 2.24) is 0 Å². The number of hydrogen-bond acceptors (Lipinski definition) is 2. The van der Waals surface area contributed by atoms with E-state index in [0.29, 0.717) is 15.9 Å². The molecule has 3 heteroatoms. The molecule has 0 aromatic heterocycles. The van der Waals surface area contributed by atoms with Gasteiger partial charge in [-0.15, -0.1) is 0 Å². The molecule has 1 aliphatic carbocycles. The van der Waals surface area contributed by atoms with E-state index in [1.54, 1.807) is 0 Å². The Morgan fingerprint density at radius 2 is 2.40 bits per heavy atom. The third-order valence-electron chi connectivity index (χ3n) is 2.72. The maximum atomic E-state index is 11.1. The summed E-state index contributed by atoms with van der Waals surface area (Å²) in [5.41, 5.74) is 0. The van der Waals surface area contributed by atoms with Gasteiger partial charge < -0.3 is 0 Å². The summed E-state index contributed by atoms with van der Waals surface area (Å²) >= 11 is 0.231. The zero-order chi connectivity index (χ0) is 6.72. The monoisotopic (exact) mass is 251 g/mol. The van der Waals surface area contributed by atoms with Crippen molar-refractivity contribution in [2.24, 2.45) is 11.8 Å². The van der Waals surface area contributed by atoms with Gasteiger partial charge in [0, 0.05) is 0 Å². The molecule has 0 radical (unpaired) electrons. The molecule has 2 bridgehead atoms. The molecule has 3 rings (SSSR count). The standard InChI is InChI=1S/C7H8IO2/c9-7-5-2-3-1-4(5)6(8-3)10-7/h3-6H,1-2H2/q-1. The van der Waals surface area contributed by atoms with Crippen LogP contribution in [0.2, 0.25) is 0 Å². The number of carbonyl (C=O) groups is 1. The Bertz CT molecular complexity index is 202. The first-order valence-electron chi connectivity index (χ1n) is 3.67. The van der Waals surface area contributed by atoms with Crippen LogP contribution in [0.4, 0.5) is 0 Å². The molecule has 0 amide bonds. The summed E-state index contributed by atoms with van der Waals surface area (Å²) < 4.78 is 6.62. The average Bonchev–Trinajstić information content (AvgIpc) is 2.44. The minimum atomic E-state index is 0.120. The number of carbonyl (C=O) groups excluding carboxylic acids is 1. The van der Waals surface area contributed by atoms with Crippen molar-refractivity contribution in [3.8, 4) is 0 Å². The van der Waals surface area contributed by atoms with Gasteiger partial charge in [-0.1, -0.05) is 0 Å². The molecule has 4 unspecified atom stereocenters. The van der Waals surface area contributed by atoms with Crippen LogP contribution in [0.5, 0.6) is 0 Å². The number of esters is 1. The minimum absolute atomic E-state index is 0.120. The van der Waals surface area contributed by atoms with E-state index in [1.165, 1.54) is 12.8 Å². The molecule has 1 saturated carbocycles. The van der Waals surface area contributed by atoms with Gasteiger partial charge in [0.05, 0.1) is 0 Å². The van der Waals surface area contributed by atoms with E-state index in [2.05, 4.69) is 0 Å². The van der Waals surface area contributed by atoms with Crippen molar-refractivity contribution in [2.75, 3.05) is 0 Å². The van der Waals surface area contributed by atoms with Crippen LogP contribution in [-0.2, 0) is 9.53 Å². The van der Waals surface area contributed by atoms with E-state index in [-0.39, 0.29) is 27.2 Å². The number of hydrogen-bond donors (Lipinski definition) is 0. The molecule has 2 aliphatic heterocycles. The van der Waals surface area contributed by atoms with Crippen molar-refractivity contribution >= 4 is 5.97 Å². The summed E-state index contributed by atoms with van der Waals surface area (Å²) in [6, 6.07) is 0. The summed E-state index contributed by atoms with van der Waals surface area (Å²) in [6.07, 6.45) is 2.49. The van der Waals surface area contributed by atoms with Gasteiger partial charge >= 0.3 is 69.4 Å². The molecule has 0 aromatic rings. The number of fused-ring (bicyclic) bond motifs is 1. The van der Waals surface area contributed by atoms with Gasteiger partial charge in [-0.3, -0.25) is 0 Å². The van der Waals surface area contributed by atoms with Gasteiger partial charge in [-0.05, 0) is 0 Å². The predicted molar refractivity (Wildman–Crippen MR) is 29.9 cm³/mol. The van der Waals surface area contributed by atoms with Crippen LogP contribution in [0.3, 0.4) is 0 Å². The normalized spacial score (nSPS) is 56.6. The quantitative estimate of drug-likeness (QED) is 0.267. The van der Waals surface area contributed by atoms with Crippen molar-refractivity contribution in [1.29, 1.82) is 0 Å². The SMILES string of the molecule is O=C1OC2[I-]C3CC1C2C3. The Labute approximate surface area is 69.6 Å². The Hall–Kier alpha value is 0.200. The van der Waals surface area contributed by atoms with Crippen molar-refractivity contribution in [3.05, 3.63) is 0 Å². The fourth-order valence-electron chi connectivity index (χ4n) is 2.25. The first kappa shape index (κ1) is 5.80. The second-order valence-electron chi connectivity index (χ2n) is 3.25. The van der Waals surface area contributed by atoms with Crippen LogP contribution in [0, 0.1) is 11.8 Å². The van der Waals surface area contributed by atoms with Crippen LogP contribution < -0.4 is 21.2 Å². The van der Waals surface area contributed by atoms with E-state index < -0.39 is 0 Å². The van der Waals surface area contributed by atoms with Crippen LogP contribution in [0.25, 0.3) is 0 Å². The van der Waals surface area contributed by atoms with Gasteiger partial charge in [0.1, 0.15) is 0 Å². The van der Waals surface area contributed by atoms with E-state index in [0.717, 1.165) is 3.92 Å². The molecule has 3 fully saturated rings. The van der Waals surface area contributed by atoms with E-state index in [1.807, 2.05) is 0 Å². The summed E-state index contributed by atoms with van der Waals surface area (Å²) in [5.74, 6) is 1.13. The summed E-state index contributed by atoms with van der Waals surface area (Å²) in [4.78, 5) is 11.1. The van der Waals surface area contributed by atoms with Crippen LogP contribution in [0.1, 0.15) is 12.8 Å². The Balaban J connectivity index is 2.05. The fraction of sp³-hybridized carbons (Fsp3) is 0.857. The molecule has 3 aliphatic rings. The molecule has 0 N–H and O–H groups in total. The molecule has 2 heterocycles. The molecular formula is C7H8IO2-. The predicted octanol–water partition coefficient (Wildman–Crippen LogP) is -2.63. The topological polar surface area (TPSA) is 26.3 Å². The van der Waals surface area contributed by atoms with Gasteiger partial charge in [-0.25, -0.2) is 0 Å². The number of rotatable bonds is 0. The molecule has 0 aromatic carbocycles. The molecule has 10 heavy (non-hydrogen) atoms. The first-order chi connectivity index (χ1) is 4.84. The van der Waals surface area contributed by atoms with Crippen molar-refractivity contribution in [3.63, 3.8) is 0 Å². The van der Waals surface area contributed by atoms with E-state index >= 15 is 0 Å². The Morgan fingerprint density at radius 1 is 1.50 bits per heavy atom. The Kier molecular flexibility index (Phi) is 0.973. The van der Waals surface area contributed by atoms with Gasteiger partial charge in [0.2, 0.25) is 0 Å². The van der Waals surface area contributed by atoms with Gasteiger partial charge in [-0.2, -0.15) is 0 Å². The molecule has 2 saturated heterocycles. The number of alkyl halides is 2. The van der Waals surface area contributed by atoms with E-state index in [9.17, 15) is 4.79 Å². The Morgan fingerprint density at radius 3 is 3.00 bits per heavy atom. The van der Waals surface area contributed by atoms with Crippen molar-refractivity contribution in [2.45, 2.75) is 20.9 Å². The molecule has 0 spiro atoms. The van der Waals surface area contributed by atoms with Gasteiger partial charge in [0.25, 0.3) is 0 Å². The number of ether oxygens (including phenoxy) is 1. The average molecular weight is 251 g/mol. The molecular weight excluding hydrogens is 243 g/mol. The summed E-state index contributed by atoms with van der Waals surface area (Å²) in [6.45, 7) is 0. The number of halogens is 1. The zero-order valence-electron chi connectivity index (χ0n) is 5.42. The zero-order valence-corrected chi connectivity index (χ0v) is 7.58. The summed E-state index contributed by atoms with van der Waals surface area (Å²) in [7, 11) is 0. The van der Waals surface area contributed by atoms with Crippen LogP contribution in [-0.4, -0.2) is 14.0 Å². The van der Waals surface area contributed by atoms with E-state index in [4.69, 9.17) is 4.74 Å². The third-order valence-corrected chi connectivity index (χ3v) is 6.65. The van der Waals surface area contributed by atoms with Crippen LogP contribution in [0.15, 0.2) is 0 Å². The molecule has 56 valence electrons. The maximum absolute atomic E-state index is 11.1. The van der Waals surface area contributed by atoms with Crippen LogP contribution >= 0.6 is 0 Å². The molecule has 2 nitrogen and oxygen atoms in total. The van der Waals surface area contributed by atoms with Crippen molar-refractivity contribution < 1.29 is 30.7 Å².